The Hall–Kier alpha value is -7.22. The molecular weight excluding hydrogens is 689 g/mol. The van der Waals surface area contributed by atoms with Gasteiger partial charge in [0.05, 0.1) is 10.8 Å². The lowest BCUT2D eigenvalue weighted by atomic mass is 9.63. The van der Waals surface area contributed by atoms with Gasteiger partial charge in [0.1, 0.15) is 11.5 Å². The van der Waals surface area contributed by atoms with Crippen molar-refractivity contribution in [1.29, 1.82) is 0 Å². The fourth-order valence-electron chi connectivity index (χ4n) is 9.86. The molecule has 0 atom stereocenters. The summed E-state index contributed by atoms with van der Waals surface area (Å²) in [5.41, 5.74) is 16.2. The van der Waals surface area contributed by atoms with Crippen LogP contribution < -0.4 is 4.74 Å². The van der Waals surface area contributed by atoms with Gasteiger partial charge in [0.25, 0.3) is 0 Å². The van der Waals surface area contributed by atoms with E-state index < -0.39 is 10.8 Å². The zero-order valence-electron chi connectivity index (χ0n) is 31.3. The molecule has 0 N–H and O–H groups in total. The Morgan fingerprint density at radius 2 is 0.614 bits per heavy atom. The largest absolute Gasteiger partial charge is 0.457 e. The highest BCUT2D eigenvalue weighted by Crippen LogP contribution is 2.58. The molecular formula is C56H38O. The van der Waals surface area contributed by atoms with Crippen molar-refractivity contribution in [3.63, 3.8) is 0 Å². The summed E-state index contributed by atoms with van der Waals surface area (Å²) in [4.78, 5) is 0. The fraction of sp³-hybridized carbons (Fsp3) is 0.0357. The number of ether oxygens (including phenoxy) is 1. The first-order valence-electron chi connectivity index (χ1n) is 19.8. The molecule has 1 heteroatoms. The van der Waals surface area contributed by atoms with Crippen LogP contribution in [0, 0.1) is 0 Å². The molecule has 57 heavy (non-hydrogen) atoms. The lowest BCUT2D eigenvalue weighted by Gasteiger charge is -2.41. The maximum absolute atomic E-state index is 6.68. The van der Waals surface area contributed by atoms with Gasteiger partial charge in [0.15, 0.2) is 0 Å². The van der Waals surface area contributed by atoms with Gasteiger partial charge < -0.3 is 4.74 Å². The maximum atomic E-state index is 6.68. The third-order valence-electron chi connectivity index (χ3n) is 12.3. The predicted octanol–water partition coefficient (Wildman–Crippen LogP) is 13.9. The van der Waals surface area contributed by atoms with Crippen molar-refractivity contribution in [1.82, 2.24) is 0 Å². The second kappa shape index (κ2) is 13.2. The molecule has 2 aliphatic rings. The summed E-state index contributed by atoms with van der Waals surface area (Å²) in [5, 5.41) is 0. The summed E-state index contributed by atoms with van der Waals surface area (Å²) in [5.74, 6) is 1.76. The highest BCUT2D eigenvalue weighted by molar-refractivity contribution is 5.88. The van der Waals surface area contributed by atoms with Gasteiger partial charge in [-0.3, -0.25) is 0 Å². The first-order valence-corrected chi connectivity index (χ1v) is 19.8. The first-order chi connectivity index (χ1) is 28.3. The monoisotopic (exact) mass is 726 g/mol. The van der Waals surface area contributed by atoms with E-state index >= 15 is 0 Å². The molecule has 0 spiro atoms. The van der Waals surface area contributed by atoms with Crippen molar-refractivity contribution in [3.8, 4) is 44.9 Å². The maximum Gasteiger partial charge on any atom is 0.132 e. The Morgan fingerprint density at radius 1 is 0.246 bits per heavy atom. The van der Waals surface area contributed by atoms with E-state index in [1.165, 1.54) is 55.6 Å². The molecule has 1 aliphatic heterocycles. The molecule has 0 bridgehead atoms. The average molecular weight is 727 g/mol. The minimum absolute atomic E-state index is 0.432. The molecule has 0 radical (unpaired) electrons. The minimum atomic E-state index is -0.561. The van der Waals surface area contributed by atoms with E-state index in [0.29, 0.717) is 0 Å². The molecule has 9 aromatic rings. The van der Waals surface area contributed by atoms with Crippen LogP contribution in [0.1, 0.15) is 44.5 Å². The molecule has 0 saturated heterocycles. The van der Waals surface area contributed by atoms with Gasteiger partial charge in [-0.15, -0.1) is 0 Å². The Bertz CT molecular complexity index is 2820. The summed E-state index contributed by atoms with van der Waals surface area (Å²) < 4.78 is 6.68. The van der Waals surface area contributed by atoms with E-state index in [1.807, 2.05) is 0 Å². The van der Waals surface area contributed by atoms with Crippen LogP contribution in [0.15, 0.2) is 231 Å². The van der Waals surface area contributed by atoms with E-state index in [1.54, 1.807) is 0 Å². The molecule has 268 valence electrons. The van der Waals surface area contributed by atoms with E-state index in [2.05, 4.69) is 231 Å². The van der Waals surface area contributed by atoms with Gasteiger partial charge in [-0.25, -0.2) is 0 Å². The normalized spacial score (nSPS) is 14.0. The van der Waals surface area contributed by atoms with Gasteiger partial charge in [-0.1, -0.05) is 206 Å². The minimum Gasteiger partial charge on any atom is -0.457 e. The van der Waals surface area contributed by atoms with Crippen molar-refractivity contribution in [2.75, 3.05) is 0 Å². The van der Waals surface area contributed by atoms with Gasteiger partial charge >= 0.3 is 0 Å². The molecule has 0 saturated carbocycles. The Morgan fingerprint density at radius 3 is 1.16 bits per heavy atom. The zero-order chi connectivity index (χ0) is 37.8. The topological polar surface area (TPSA) is 9.23 Å². The third-order valence-corrected chi connectivity index (χ3v) is 12.3. The lowest BCUT2D eigenvalue weighted by molar-refractivity contribution is 0.434. The fourth-order valence-corrected chi connectivity index (χ4v) is 9.86. The smallest absolute Gasteiger partial charge is 0.132 e. The van der Waals surface area contributed by atoms with Crippen molar-refractivity contribution in [2.24, 2.45) is 0 Å². The predicted molar refractivity (Wildman–Crippen MR) is 233 cm³/mol. The number of hydrogen-bond donors (Lipinski definition) is 0. The number of para-hydroxylation sites is 1. The van der Waals surface area contributed by atoms with Crippen LogP contribution in [0.5, 0.6) is 11.5 Å². The van der Waals surface area contributed by atoms with Crippen LogP contribution in [-0.4, -0.2) is 0 Å². The average Bonchev–Trinajstić information content (AvgIpc) is 3.60. The van der Waals surface area contributed by atoms with Crippen molar-refractivity contribution in [3.05, 3.63) is 275 Å². The van der Waals surface area contributed by atoms with Crippen molar-refractivity contribution < 1.29 is 4.74 Å². The van der Waals surface area contributed by atoms with Gasteiger partial charge in [-0.05, 0) is 91.0 Å². The van der Waals surface area contributed by atoms with Gasteiger partial charge in [0, 0.05) is 11.1 Å². The van der Waals surface area contributed by atoms with Gasteiger partial charge in [0.2, 0.25) is 0 Å². The Kier molecular flexibility index (Phi) is 7.69. The standard InChI is InChI=1S/C56H38O/c1-5-17-43(18-6-1)55(44-19-7-2-8-20-44)49-26-14-13-25-47(49)48-35-33-41(37-51(48)55)39-29-31-40(32-30-39)42-34-36-54-52(38-42)56(45-21-9-3-10-22-45,46-23-11-4-12-24-46)50-27-15-16-28-53(50)57-54/h1-38H. The first kappa shape index (κ1) is 33.1. The third kappa shape index (κ3) is 4.95. The molecule has 0 fully saturated rings. The highest BCUT2D eigenvalue weighted by Gasteiger charge is 2.47. The van der Waals surface area contributed by atoms with Crippen LogP contribution in [0.3, 0.4) is 0 Å². The van der Waals surface area contributed by atoms with E-state index in [4.69, 9.17) is 4.74 Å². The molecule has 1 aliphatic carbocycles. The van der Waals surface area contributed by atoms with Crippen LogP contribution in [0.2, 0.25) is 0 Å². The number of benzene rings is 9. The molecule has 1 nitrogen and oxygen atoms in total. The van der Waals surface area contributed by atoms with E-state index in [0.717, 1.165) is 33.8 Å². The second-order valence-corrected chi connectivity index (χ2v) is 15.2. The van der Waals surface area contributed by atoms with Crippen LogP contribution in [0.4, 0.5) is 0 Å². The van der Waals surface area contributed by atoms with E-state index in [9.17, 15) is 0 Å². The molecule has 11 rings (SSSR count). The number of fused-ring (bicyclic) bond motifs is 5. The van der Waals surface area contributed by atoms with E-state index in [-0.39, 0.29) is 0 Å². The molecule has 0 amide bonds. The highest BCUT2D eigenvalue weighted by atomic mass is 16.5. The summed E-state index contributed by atoms with van der Waals surface area (Å²) in [6, 6.07) is 84.1. The zero-order valence-corrected chi connectivity index (χ0v) is 31.3. The lowest BCUT2D eigenvalue weighted by Crippen LogP contribution is -2.34. The summed E-state index contributed by atoms with van der Waals surface area (Å²) in [7, 11) is 0. The van der Waals surface area contributed by atoms with Crippen LogP contribution in [-0.2, 0) is 10.8 Å². The van der Waals surface area contributed by atoms with Crippen molar-refractivity contribution >= 4 is 0 Å². The Balaban J connectivity index is 1.04. The Labute approximate surface area is 334 Å². The van der Waals surface area contributed by atoms with Crippen LogP contribution >= 0.6 is 0 Å². The summed E-state index contributed by atoms with van der Waals surface area (Å²) >= 11 is 0. The number of hydrogen-bond acceptors (Lipinski definition) is 1. The molecule has 9 aromatic carbocycles. The van der Waals surface area contributed by atoms with Crippen LogP contribution in [0.25, 0.3) is 33.4 Å². The van der Waals surface area contributed by atoms with Crippen molar-refractivity contribution in [2.45, 2.75) is 10.8 Å². The summed E-state index contributed by atoms with van der Waals surface area (Å²) in [6.45, 7) is 0. The molecule has 1 heterocycles. The van der Waals surface area contributed by atoms with Gasteiger partial charge in [-0.2, -0.15) is 0 Å². The summed E-state index contributed by atoms with van der Waals surface area (Å²) in [6.07, 6.45) is 0. The SMILES string of the molecule is c1ccc(C2(c3ccccc3)c3ccccc3Oc3ccc(-c4ccc(-c5ccc6c(c5)C(c5ccccc5)(c5ccccc5)c5ccccc5-6)cc4)cc32)cc1. The molecule has 0 unspecified atom stereocenters. The molecule has 0 aromatic heterocycles. The second-order valence-electron chi connectivity index (χ2n) is 15.2. The number of rotatable bonds is 6. The quantitative estimate of drug-likeness (QED) is 0.166.